The molecule has 3 aromatic carbocycles. The third-order valence-corrected chi connectivity index (χ3v) is 6.49. The average molecular weight is 453 g/mol. The van der Waals surface area contributed by atoms with Gasteiger partial charge in [-0.25, -0.2) is 0 Å². The smallest absolute Gasteiger partial charge is 0.254 e. The number of carbonyl (C=O) groups excluding carboxylic acids is 2. The van der Waals surface area contributed by atoms with Gasteiger partial charge in [0.05, 0.1) is 12.5 Å². The van der Waals surface area contributed by atoms with E-state index in [2.05, 4.69) is 22.5 Å². The van der Waals surface area contributed by atoms with E-state index in [9.17, 15) is 9.59 Å². The largest absolute Gasteiger partial charge is 0.352 e. The number of amides is 2. The molecule has 2 amide bonds. The molecule has 0 unspecified atom stereocenters. The third kappa shape index (κ3) is 4.86. The Balaban J connectivity index is 1.18. The minimum atomic E-state index is -0.188. The van der Waals surface area contributed by atoms with Crippen molar-refractivity contribution in [3.05, 3.63) is 102 Å². The number of nitrogens with zero attached hydrogens (tertiary/aromatic N) is 3. The molecule has 1 aliphatic rings. The van der Waals surface area contributed by atoms with Gasteiger partial charge in [0.1, 0.15) is 0 Å². The summed E-state index contributed by atoms with van der Waals surface area (Å²) in [6.45, 7) is 2.34. The Morgan fingerprint density at radius 1 is 0.941 bits per heavy atom. The number of carbonyl (C=O) groups is 2. The highest BCUT2D eigenvalue weighted by Gasteiger charge is 2.29. The van der Waals surface area contributed by atoms with Crippen molar-refractivity contribution in [2.75, 3.05) is 13.1 Å². The summed E-state index contributed by atoms with van der Waals surface area (Å²) in [5, 5.41) is 9.30. The highest BCUT2D eigenvalue weighted by Crippen LogP contribution is 2.23. The lowest BCUT2D eigenvalue weighted by atomic mass is 9.95. The van der Waals surface area contributed by atoms with Crippen LogP contribution in [0.2, 0.25) is 0 Å². The van der Waals surface area contributed by atoms with Crippen LogP contribution in [-0.2, 0) is 17.9 Å². The van der Waals surface area contributed by atoms with Crippen molar-refractivity contribution in [2.45, 2.75) is 25.9 Å². The van der Waals surface area contributed by atoms with Gasteiger partial charge < -0.3 is 10.2 Å². The van der Waals surface area contributed by atoms with Crippen LogP contribution in [0.5, 0.6) is 0 Å². The van der Waals surface area contributed by atoms with Crippen molar-refractivity contribution in [1.82, 2.24) is 20.0 Å². The number of piperidine rings is 1. The van der Waals surface area contributed by atoms with E-state index in [4.69, 9.17) is 0 Å². The maximum Gasteiger partial charge on any atom is 0.254 e. The molecular weight excluding hydrogens is 424 g/mol. The zero-order valence-electron chi connectivity index (χ0n) is 19.1. The number of benzene rings is 3. The quantitative estimate of drug-likeness (QED) is 0.476. The van der Waals surface area contributed by atoms with Crippen molar-refractivity contribution < 1.29 is 9.59 Å². The first-order valence-corrected chi connectivity index (χ1v) is 11.8. The summed E-state index contributed by atoms with van der Waals surface area (Å²) >= 11 is 0. The van der Waals surface area contributed by atoms with Crippen LogP contribution in [0, 0.1) is 5.92 Å². The molecule has 0 bridgehead atoms. The van der Waals surface area contributed by atoms with E-state index >= 15 is 0 Å². The summed E-state index contributed by atoms with van der Waals surface area (Å²) in [5.41, 5.74) is 2.92. The second-order valence-corrected chi connectivity index (χ2v) is 8.85. The predicted molar refractivity (Wildman–Crippen MR) is 132 cm³/mol. The van der Waals surface area contributed by atoms with Crippen LogP contribution < -0.4 is 5.32 Å². The molecule has 5 rings (SSSR count). The number of aromatic nitrogens is 2. The second-order valence-electron chi connectivity index (χ2n) is 8.85. The van der Waals surface area contributed by atoms with Crippen LogP contribution in [0.1, 0.15) is 34.3 Å². The van der Waals surface area contributed by atoms with Gasteiger partial charge in [0.2, 0.25) is 5.91 Å². The Morgan fingerprint density at radius 3 is 2.56 bits per heavy atom. The van der Waals surface area contributed by atoms with E-state index in [-0.39, 0.29) is 17.7 Å². The number of nitrogens with one attached hydrogen (secondary N) is 1. The van der Waals surface area contributed by atoms with E-state index in [0.29, 0.717) is 25.2 Å². The fourth-order valence-electron chi connectivity index (χ4n) is 4.63. The van der Waals surface area contributed by atoms with E-state index in [1.54, 1.807) is 6.20 Å². The minimum absolute atomic E-state index is 0.00192. The Morgan fingerprint density at radius 2 is 1.74 bits per heavy atom. The maximum absolute atomic E-state index is 13.3. The minimum Gasteiger partial charge on any atom is -0.352 e. The molecule has 1 aromatic heterocycles. The first-order chi connectivity index (χ1) is 16.7. The Labute approximate surface area is 199 Å². The van der Waals surface area contributed by atoms with Gasteiger partial charge in [-0.1, -0.05) is 60.7 Å². The van der Waals surface area contributed by atoms with Crippen molar-refractivity contribution in [1.29, 1.82) is 0 Å². The standard InChI is InChI=1S/C28H28N4O2/c33-27(29-18-21-11-13-22(14-12-21)19-32-17-5-15-30-32)24-8-4-16-31(20-24)28(34)26-10-3-7-23-6-1-2-9-25(23)26/h1-3,5-7,9-15,17,24H,4,8,16,18-20H2,(H,29,33)/t24-/m0/s1. The normalized spacial score (nSPS) is 15.9. The molecule has 6 heteroatoms. The van der Waals surface area contributed by atoms with Gasteiger partial charge in [0.25, 0.3) is 5.91 Å². The van der Waals surface area contributed by atoms with Crippen LogP contribution in [0.3, 0.4) is 0 Å². The molecule has 1 aliphatic heterocycles. The van der Waals surface area contributed by atoms with E-state index in [0.717, 1.165) is 41.3 Å². The maximum atomic E-state index is 13.3. The predicted octanol–water partition coefficient (Wildman–Crippen LogP) is 4.25. The number of fused-ring (bicyclic) bond motifs is 1. The van der Waals surface area contributed by atoms with E-state index in [1.165, 1.54) is 0 Å². The lowest BCUT2D eigenvalue weighted by Gasteiger charge is -2.32. The van der Waals surface area contributed by atoms with Crippen molar-refractivity contribution >= 4 is 22.6 Å². The van der Waals surface area contributed by atoms with Crippen molar-refractivity contribution in [3.63, 3.8) is 0 Å². The second kappa shape index (κ2) is 9.91. The summed E-state index contributed by atoms with van der Waals surface area (Å²) in [6, 6.07) is 23.9. The molecule has 1 N–H and O–H groups in total. The number of rotatable bonds is 6. The Bertz CT molecular complexity index is 1280. The molecule has 4 aromatic rings. The fourth-order valence-corrected chi connectivity index (χ4v) is 4.63. The number of hydrogen-bond donors (Lipinski definition) is 1. The van der Waals surface area contributed by atoms with Crippen LogP contribution in [0.15, 0.2) is 85.2 Å². The molecule has 0 radical (unpaired) electrons. The van der Waals surface area contributed by atoms with Gasteiger partial charge in [-0.15, -0.1) is 0 Å². The SMILES string of the molecule is O=C(NCc1ccc(Cn2cccn2)cc1)[C@H]1CCCN(C(=O)c2cccc3ccccc23)C1. The summed E-state index contributed by atoms with van der Waals surface area (Å²) in [7, 11) is 0. The number of hydrogen-bond acceptors (Lipinski definition) is 3. The lowest BCUT2D eigenvalue weighted by Crippen LogP contribution is -2.45. The van der Waals surface area contributed by atoms with Gasteiger partial charge in [-0.05, 0) is 46.9 Å². The molecule has 1 fully saturated rings. The van der Waals surface area contributed by atoms with Crippen molar-refractivity contribution in [2.24, 2.45) is 5.92 Å². The van der Waals surface area contributed by atoms with Gasteiger partial charge in [-0.3, -0.25) is 14.3 Å². The monoisotopic (exact) mass is 452 g/mol. The van der Waals surface area contributed by atoms with Gasteiger partial charge in [0, 0.05) is 37.6 Å². The van der Waals surface area contributed by atoms with E-state index < -0.39 is 0 Å². The van der Waals surface area contributed by atoms with Crippen LogP contribution >= 0.6 is 0 Å². The zero-order valence-corrected chi connectivity index (χ0v) is 19.1. The molecule has 6 nitrogen and oxygen atoms in total. The first-order valence-electron chi connectivity index (χ1n) is 11.8. The molecular formula is C28H28N4O2. The van der Waals surface area contributed by atoms with Gasteiger partial charge in [0.15, 0.2) is 0 Å². The molecule has 0 aliphatic carbocycles. The highest BCUT2D eigenvalue weighted by molar-refractivity contribution is 6.07. The van der Waals surface area contributed by atoms with Crippen LogP contribution in [-0.4, -0.2) is 39.6 Å². The van der Waals surface area contributed by atoms with Crippen molar-refractivity contribution in [3.8, 4) is 0 Å². The molecule has 172 valence electrons. The fraction of sp³-hybridized carbons (Fsp3) is 0.250. The zero-order chi connectivity index (χ0) is 23.3. The molecule has 0 spiro atoms. The van der Waals surface area contributed by atoms with E-state index in [1.807, 2.05) is 76.4 Å². The molecule has 1 atom stereocenters. The topological polar surface area (TPSA) is 67.2 Å². The molecule has 0 saturated carbocycles. The summed E-state index contributed by atoms with van der Waals surface area (Å²) in [6.07, 6.45) is 5.34. The summed E-state index contributed by atoms with van der Waals surface area (Å²) < 4.78 is 1.88. The number of likely N-dealkylation sites (tertiary alicyclic amines) is 1. The third-order valence-electron chi connectivity index (χ3n) is 6.49. The lowest BCUT2D eigenvalue weighted by molar-refractivity contribution is -0.126. The first kappa shape index (κ1) is 21.9. The highest BCUT2D eigenvalue weighted by atomic mass is 16.2. The Kier molecular flexibility index (Phi) is 6.38. The van der Waals surface area contributed by atoms with Gasteiger partial charge in [-0.2, -0.15) is 5.10 Å². The van der Waals surface area contributed by atoms with Crippen LogP contribution in [0.4, 0.5) is 0 Å². The Hall–Kier alpha value is -3.93. The molecule has 34 heavy (non-hydrogen) atoms. The average Bonchev–Trinajstić information content (AvgIpc) is 3.40. The van der Waals surface area contributed by atoms with Gasteiger partial charge >= 0.3 is 0 Å². The van der Waals surface area contributed by atoms with Crippen LogP contribution in [0.25, 0.3) is 10.8 Å². The molecule has 1 saturated heterocycles. The molecule has 2 heterocycles. The summed E-state index contributed by atoms with van der Waals surface area (Å²) in [4.78, 5) is 28.0. The summed E-state index contributed by atoms with van der Waals surface area (Å²) in [5.74, 6) is -0.176.